The highest BCUT2D eigenvalue weighted by Gasteiger charge is 2.41. The first kappa shape index (κ1) is 52.6. The molecule has 0 bridgehead atoms. The van der Waals surface area contributed by atoms with Crippen molar-refractivity contribution in [1.29, 1.82) is 0 Å². The minimum Gasteiger partial charge on any atom is -0.480 e. The second-order valence-electron chi connectivity index (χ2n) is 21.3. The molecule has 21 heteroatoms. The molecule has 2 saturated heterocycles. The first-order valence-corrected chi connectivity index (χ1v) is 23.4. The molecule has 7 heterocycles. The van der Waals surface area contributed by atoms with Crippen LogP contribution in [0.4, 0.5) is 8.78 Å². The maximum Gasteiger partial charge on any atom is 0.325 e. The zero-order valence-electron chi connectivity index (χ0n) is 42.1. The molecule has 2 aliphatic rings. The monoisotopic (exact) mass is 1010 g/mol. The molecule has 2 fully saturated rings. The molecule has 0 spiro atoms. The number of hydrogen-bond donors (Lipinski definition) is 2. The molecular weight excluding hydrogens is 948 g/mol. The van der Waals surface area contributed by atoms with Gasteiger partial charge >= 0.3 is 5.97 Å². The molecule has 3 amide bonds. The number of nitrogens with zero attached hydrogens (tertiary/aromatic N) is 12. The summed E-state index contributed by atoms with van der Waals surface area (Å²) in [4.78, 5) is 65.6. The Morgan fingerprint density at radius 1 is 0.653 bits per heavy atom. The lowest BCUT2D eigenvalue weighted by Gasteiger charge is -2.46. The average molecular weight is 1010 g/mol. The Hall–Kier alpha value is -7.19. The van der Waals surface area contributed by atoms with E-state index >= 15 is 0 Å². The summed E-state index contributed by atoms with van der Waals surface area (Å²) in [6.45, 7) is 22.8. The number of imidazole rings is 2. The molecule has 380 valence electrons. The zero-order valence-corrected chi connectivity index (χ0v) is 42.9. The Morgan fingerprint density at radius 2 is 1.12 bits per heavy atom. The fourth-order valence-electron chi connectivity index (χ4n) is 8.90. The van der Waals surface area contributed by atoms with Crippen LogP contribution >= 0.6 is 12.4 Å². The van der Waals surface area contributed by atoms with Crippen molar-refractivity contribution in [2.75, 3.05) is 39.3 Å². The second kappa shape index (κ2) is 19.8. The largest absolute Gasteiger partial charge is 0.480 e. The second-order valence-corrected chi connectivity index (χ2v) is 21.3. The molecule has 0 unspecified atom stereocenters. The van der Waals surface area contributed by atoms with Gasteiger partial charge in [0.15, 0.2) is 17.0 Å². The van der Waals surface area contributed by atoms with Crippen molar-refractivity contribution in [1.82, 2.24) is 64.2 Å². The van der Waals surface area contributed by atoms with E-state index in [1.165, 1.54) is 30.5 Å². The highest BCUT2D eigenvalue weighted by atomic mass is 35.5. The van der Waals surface area contributed by atoms with E-state index in [2.05, 4.69) is 60.4 Å². The molecule has 7 aromatic rings. The summed E-state index contributed by atoms with van der Waals surface area (Å²) in [7, 11) is 0. The first-order valence-electron chi connectivity index (χ1n) is 23.4. The topological polar surface area (TPSA) is 201 Å². The maximum absolute atomic E-state index is 13.8. The Balaban J connectivity index is 0.000000218. The average Bonchev–Trinajstić information content (AvgIpc) is 4.06. The van der Waals surface area contributed by atoms with Crippen molar-refractivity contribution >= 4 is 47.4 Å². The predicted octanol–water partition coefficient (Wildman–Crippen LogP) is 6.96. The Morgan fingerprint density at radius 3 is 1.56 bits per heavy atom. The van der Waals surface area contributed by atoms with Crippen LogP contribution in [0.1, 0.15) is 112 Å². The van der Waals surface area contributed by atoms with E-state index in [9.17, 15) is 28.0 Å². The minimum absolute atomic E-state index is 0. The van der Waals surface area contributed by atoms with Crippen molar-refractivity contribution in [3.63, 3.8) is 0 Å². The molecule has 2 aromatic carbocycles. The third-order valence-electron chi connectivity index (χ3n) is 12.7. The number of piperazine rings is 2. The van der Waals surface area contributed by atoms with Crippen molar-refractivity contribution in [2.45, 2.75) is 97.7 Å². The number of aromatic nitrogens is 9. The number of carbonyl (C=O) groups excluding carboxylic acids is 3. The van der Waals surface area contributed by atoms with Crippen LogP contribution in [-0.4, -0.2) is 138 Å². The van der Waals surface area contributed by atoms with Crippen LogP contribution in [0, 0.1) is 11.6 Å². The molecule has 9 rings (SSSR count). The lowest BCUT2D eigenvalue weighted by atomic mass is 9.87. The van der Waals surface area contributed by atoms with Gasteiger partial charge in [-0.05, 0) is 99.2 Å². The molecular formula is C51H60ClF2N13O5. The van der Waals surface area contributed by atoms with Crippen LogP contribution in [0.5, 0.6) is 0 Å². The molecule has 0 saturated carbocycles. The van der Waals surface area contributed by atoms with Crippen molar-refractivity contribution < 1.29 is 33.1 Å². The van der Waals surface area contributed by atoms with Crippen molar-refractivity contribution in [2.24, 2.45) is 0 Å². The third kappa shape index (κ3) is 11.0. The summed E-state index contributed by atoms with van der Waals surface area (Å²) >= 11 is 0. The third-order valence-corrected chi connectivity index (χ3v) is 12.7. The normalized spacial score (nSPS) is 15.8. The Kier molecular flexibility index (Phi) is 14.5. The number of fused-ring (bicyclic) bond motifs is 2. The number of carboxylic acid groups (broad SMARTS) is 1. The molecule has 0 radical (unpaired) electrons. The smallest absolute Gasteiger partial charge is 0.325 e. The van der Waals surface area contributed by atoms with E-state index in [1.807, 2.05) is 51.7 Å². The van der Waals surface area contributed by atoms with E-state index < -0.39 is 18.1 Å². The highest BCUT2D eigenvalue weighted by molar-refractivity contribution is 5.95. The van der Waals surface area contributed by atoms with Gasteiger partial charge in [-0.1, -0.05) is 46.8 Å². The van der Waals surface area contributed by atoms with Gasteiger partial charge in [-0.25, -0.2) is 32.5 Å². The summed E-state index contributed by atoms with van der Waals surface area (Å²) < 4.78 is 31.3. The molecule has 2 N–H and O–H groups in total. The van der Waals surface area contributed by atoms with E-state index in [-0.39, 0.29) is 89.2 Å². The summed E-state index contributed by atoms with van der Waals surface area (Å²) in [5.41, 5.74) is 5.10. The Bertz CT molecular complexity index is 3170. The molecule has 5 aromatic heterocycles. The minimum atomic E-state index is -1.09. The fourth-order valence-corrected chi connectivity index (χ4v) is 8.90. The molecule has 2 aliphatic heterocycles. The zero-order chi connectivity index (χ0) is 51.4. The van der Waals surface area contributed by atoms with Crippen LogP contribution in [-0.2, 0) is 22.2 Å². The van der Waals surface area contributed by atoms with Crippen LogP contribution in [0.15, 0.2) is 79.3 Å². The van der Waals surface area contributed by atoms with Crippen LogP contribution in [0.25, 0.3) is 33.8 Å². The van der Waals surface area contributed by atoms with Gasteiger partial charge in [0.2, 0.25) is 0 Å². The summed E-state index contributed by atoms with van der Waals surface area (Å²) in [5, 5.41) is 29.2. The maximum atomic E-state index is 13.8. The van der Waals surface area contributed by atoms with Gasteiger partial charge in [-0.2, -0.15) is 10.2 Å². The van der Waals surface area contributed by atoms with Crippen LogP contribution in [0.3, 0.4) is 0 Å². The number of amides is 3. The summed E-state index contributed by atoms with van der Waals surface area (Å²) in [6, 6.07) is 16.3. The lowest BCUT2D eigenvalue weighted by molar-refractivity contribution is -0.137. The number of hydrogen-bond acceptors (Lipinski definition) is 11. The van der Waals surface area contributed by atoms with Gasteiger partial charge in [-0.3, -0.25) is 19.2 Å². The first-order chi connectivity index (χ1) is 33.3. The molecule has 0 atom stereocenters. The number of halogens is 3. The van der Waals surface area contributed by atoms with Gasteiger partial charge in [0.1, 0.15) is 29.6 Å². The van der Waals surface area contributed by atoms with E-state index in [4.69, 9.17) is 15.1 Å². The molecule has 0 aliphatic carbocycles. The van der Waals surface area contributed by atoms with Gasteiger partial charge in [-0.15, -0.1) is 17.5 Å². The number of carbonyl (C=O) groups is 4. The molecule has 72 heavy (non-hydrogen) atoms. The standard InChI is InChI=1S/C28H31FN8O4.C23H28FN5O.ClH/c1-27(2,3)19-12-20(17-6-8-18(29)9-7-17)32-37-14-21(30-24(19)37)26(41)36-11-10-34(16-28(36,4)5)25(40)22-13-35(33-31-22)15-23(38)39;1-22(2,3)17-12-18(15-6-8-16(24)9-7-15)27-29-13-19(26-20(17)29)21(30)28-11-10-25-14-23(28,4)5;/h6-9,12-14H,10-11,15-16H2,1-5H3,(H,38,39);6-9,12-13,25H,10-11,14H2,1-5H3;1H. The number of rotatable bonds is 7. The van der Waals surface area contributed by atoms with E-state index in [0.717, 1.165) is 40.0 Å². The van der Waals surface area contributed by atoms with Gasteiger partial charge in [0, 0.05) is 61.5 Å². The molecule has 18 nitrogen and oxygen atoms in total. The Labute approximate surface area is 421 Å². The van der Waals surface area contributed by atoms with Gasteiger partial charge in [0.25, 0.3) is 17.7 Å². The van der Waals surface area contributed by atoms with Crippen LogP contribution < -0.4 is 5.32 Å². The van der Waals surface area contributed by atoms with Crippen molar-refractivity contribution in [3.8, 4) is 22.5 Å². The summed E-state index contributed by atoms with van der Waals surface area (Å²) in [6.07, 6.45) is 4.62. The number of aliphatic carboxylic acids is 1. The van der Waals surface area contributed by atoms with Crippen LogP contribution in [0.2, 0.25) is 0 Å². The van der Waals surface area contributed by atoms with Gasteiger partial charge in [0.05, 0.1) is 41.1 Å². The van der Waals surface area contributed by atoms with Gasteiger partial charge < -0.3 is 25.1 Å². The highest BCUT2D eigenvalue weighted by Crippen LogP contribution is 2.33. The number of nitrogens with one attached hydrogen (secondary N) is 1. The van der Waals surface area contributed by atoms with E-state index in [1.54, 1.807) is 55.5 Å². The quantitative estimate of drug-likeness (QED) is 0.167. The fraction of sp³-hybridized carbons (Fsp3) is 0.412. The number of carboxylic acids is 1. The van der Waals surface area contributed by atoms with E-state index in [0.29, 0.717) is 34.9 Å². The lowest BCUT2D eigenvalue weighted by Crippen LogP contribution is -2.62. The van der Waals surface area contributed by atoms with Crippen molar-refractivity contribution in [3.05, 3.63) is 119 Å². The predicted molar refractivity (Wildman–Crippen MR) is 268 cm³/mol. The summed E-state index contributed by atoms with van der Waals surface area (Å²) in [5.74, 6) is -2.48. The number of benzene rings is 2. The SMILES string of the molecule is CC(C)(C)c1cc(-c2ccc(F)cc2)nn2cc(C(=O)N3CCN(C(=O)c4cn(CC(=O)O)nn4)CC3(C)C)nc12.CC(C)(C)c1cc(-c2ccc(F)cc2)nn2cc(C(=O)N3CCNCC3(C)C)nc12.Cl.